The fraction of sp³-hybridized carbons (Fsp3) is 0.444. The lowest BCUT2D eigenvalue weighted by atomic mass is 10.1. The topological polar surface area (TPSA) is 26.3 Å². The van der Waals surface area contributed by atoms with Crippen molar-refractivity contribution in [3.63, 3.8) is 0 Å². The second-order valence-corrected chi connectivity index (χ2v) is 4.42. The van der Waals surface area contributed by atoms with Gasteiger partial charge in [-0.2, -0.15) is 0 Å². The molecule has 0 saturated heterocycles. The van der Waals surface area contributed by atoms with E-state index in [1.807, 2.05) is 18.4 Å². The SMILES string of the molecule is CCC(C(=O)OC)c1sccc1Br. The van der Waals surface area contributed by atoms with Crippen molar-refractivity contribution in [1.82, 2.24) is 0 Å². The fourth-order valence-corrected chi connectivity index (χ4v) is 2.98. The van der Waals surface area contributed by atoms with Crippen LogP contribution in [-0.2, 0) is 9.53 Å². The van der Waals surface area contributed by atoms with Gasteiger partial charge >= 0.3 is 5.97 Å². The molecule has 72 valence electrons. The lowest BCUT2D eigenvalue weighted by molar-refractivity contribution is -0.142. The van der Waals surface area contributed by atoms with E-state index in [4.69, 9.17) is 4.74 Å². The summed E-state index contributed by atoms with van der Waals surface area (Å²) in [5.41, 5.74) is 0. The molecular weight excluding hydrogens is 252 g/mol. The molecule has 0 fully saturated rings. The smallest absolute Gasteiger partial charge is 0.314 e. The van der Waals surface area contributed by atoms with Crippen molar-refractivity contribution in [2.24, 2.45) is 0 Å². The van der Waals surface area contributed by atoms with Gasteiger partial charge in [-0.25, -0.2) is 0 Å². The van der Waals surface area contributed by atoms with Crippen molar-refractivity contribution in [2.75, 3.05) is 7.11 Å². The molecule has 1 rings (SSSR count). The van der Waals surface area contributed by atoms with Gasteiger partial charge in [0, 0.05) is 9.35 Å². The summed E-state index contributed by atoms with van der Waals surface area (Å²) in [7, 11) is 1.42. The first-order valence-corrected chi connectivity index (χ1v) is 5.68. The van der Waals surface area contributed by atoms with Crippen LogP contribution in [0.25, 0.3) is 0 Å². The van der Waals surface area contributed by atoms with Crippen molar-refractivity contribution >= 4 is 33.2 Å². The molecule has 13 heavy (non-hydrogen) atoms. The lowest BCUT2D eigenvalue weighted by Gasteiger charge is -2.10. The first-order valence-electron chi connectivity index (χ1n) is 4.01. The van der Waals surface area contributed by atoms with Crippen LogP contribution in [0.4, 0.5) is 0 Å². The Kier molecular flexibility index (Phi) is 3.93. The molecule has 4 heteroatoms. The summed E-state index contributed by atoms with van der Waals surface area (Å²) in [4.78, 5) is 12.4. The zero-order valence-corrected chi connectivity index (χ0v) is 9.94. The highest BCUT2D eigenvalue weighted by Crippen LogP contribution is 2.32. The molecule has 0 aromatic carbocycles. The average molecular weight is 263 g/mol. The predicted octanol–water partition coefficient (Wildman–Crippen LogP) is 3.18. The molecule has 0 aliphatic rings. The van der Waals surface area contributed by atoms with E-state index in [1.54, 1.807) is 11.3 Å². The minimum absolute atomic E-state index is 0.126. The summed E-state index contributed by atoms with van der Waals surface area (Å²) in [6.07, 6.45) is 0.770. The number of carbonyl (C=O) groups excluding carboxylic acids is 1. The standard InChI is InChI=1S/C9H11BrO2S/c1-3-6(9(11)12-2)8-7(10)4-5-13-8/h4-6H,3H2,1-2H3. The quantitative estimate of drug-likeness (QED) is 0.783. The first-order chi connectivity index (χ1) is 6.20. The number of halogens is 1. The van der Waals surface area contributed by atoms with Crippen LogP contribution in [0, 0.1) is 0 Å². The number of hydrogen-bond donors (Lipinski definition) is 0. The maximum absolute atomic E-state index is 11.4. The summed E-state index contributed by atoms with van der Waals surface area (Å²) in [6.45, 7) is 1.98. The minimum atomic E-state index is -0.161. The Labute approximate surface area is 90.0 Å². The molecule has 0 amide bonds. The fourth-order valence-electron chi connectivity index (χ4n) is 1.16. The van der Waals surface area contributed by atoms with Gasteiger partial charge in [0.05, 0.1) is 13.0 Å². The molecule has 0 N–H and O–H groups in total. The van der Waals surface area contributed by atoms with Crippen molar-refractivity contribution in [1.29, 1.82) is 0 Å². The van der Waals surface area contributed by atoms with Crippen LogP contribution in [-0.4, -0.2) is 13.1 Å². The molecule has 1 unspecified atom stereocenters. The number of thiophene rings is 1. The predicted molar refractivity (Wildman–Crippen MR) is 57.1 cm³/mol. The zero-order valence-electron chi connectivity index (χ0n) is 7.54. The minimum Gasteiger partial charge on any atom is -0.469 e. The maximum Gasteiger partial charge on any atom is 0.314 e. The first kappa shape index (κ1) is 10.7. The Morgan fingerprint density at radius 2 is 2.46 bits per heavy atom. The van der Waals surface area contributed by atoms with Crippen LogP contribution < -0.4 is 0 Å². The van der Waals surface area contributed by atoms with E-state index < -0.39 is 0 Å². The Morgan fingerprint density at radius 1 is 1.77 bits per heavy atom. The van der Waals surface area contributed by atoms with E-state index in [-0.39, 0.29) is 11.9 Å². The third-order valence-corrected chi connectivity index (χ3v) is 3.84. The van der Waals surface area contributed by atoms with E-state index in [9.17, 15) is 4.79 Å². The third-order valence-electron chi connectivity index (χ3n) is 1.86. The average Bonchev–Trinajstić information content (AvgIpc) is 2.53. The number of ether oxygens (including phenoxy) is 1. The Bertz CT molecular complexity index is 296. The molecule has 1 aromatic heterocycles. The number of methoxy groups -OCH3 is 1. The van der Waals surface area contributed by atoms with Crippen LogP contribution in [0.2, 0.25) is 0 Å². The van der Waals surface area contributed by atoms with Gasteiger partial charge in [-0.15, -0.1) is 11.3 Å². The van der Waals surface area contributed by atoms with E-state index >= 15 is 0 Å². The number of esters is 1. The van der Waals surface area contributed by atoms with Gasteiger partial charge in [0.2, 0.25) is 0 Å². The monoisotopic (exact) mass is 262 g/mol. The van der Waals surface area contributed by atoms with E-state index in [0.717, 1.165) is 15.8 Å². The highest BCUT2D eigenvalue weighted by Gasteiger charge is 2.22. The number of rotatable bonds is 3. The van der Waals surface area contributed by atoms with Crippen molar-refractivity contribution in [2.45, 2.75) is 19.3 Å². The Morgan fingerprint density at radius 3 is 2.85 bits per heavy atom. The van der Waals surface area contributed by atoms with Gasteiger partial charge in [-0.3, -0.25) is 4.79 Å². The normalized spacial score (nSPS) is 12.5. The summed E-state index contributed by atoms with van der Waals surface area (Å²) in [5.74, 6) is -0.287. The molecule has 0 saturated carbocycles. The van der Waals surface area contributed by atoms with E-state index in [1.165, 1.54) is 7.11 Å². The number of carbonyl (C=O) groups is 1. The van der Waals surface area contributed by atoms with Crippen LogP contribution in [0.5, 0.6) is 0 Å². The van der Waals surface area contributed by atoms with E-state index in [0.29, 0.717) is 0 Å². The summed E-state index contributed by atoms with van der Waals surface area (Å²) < 4.78 is 5.72. The molecular formula is C9H11BrO2S. The lowest BCUT2D eigenvalue weighted by Crippen LogP contribution is -2.12. The largest absolute Gasteiger partial charge is 0.469 e. The summed E-state index contributed by atoms with van der Waals surface area (Å²) in [6, 6.07) is 1.95. The molecule has 1 heterocycles. The molecule has 1 atom stereocenters. The van der Waals surface area contributed by atoms with Gasteiger partial charge in [-0.1, -0.05) is 6.92 Å². The van der Waals surface area contributed by atoms with Crippen LogP contribution in [0.15, 0.2) is 15.9 Å². The number of hydrogen-bond acceptors (Lipinski definition) is 3. The molecule has 0 aliphatic carbocycles. The second kappa shape index (κ2) is 4.77. The zero-order chi connectivity index (χ0) is 9.84. The van der Waals surface area contributed by atoms with Gasteiger partial charge in [0.1, 0.15) is 0 Å². The highest BCUT2D eigenvalue weighted by molar-refractivity contribution is 9.10. The van der Waals surface area contributed by atoms with Crippen molar-refractivity contribution in [3.05, 3.63) is 20.8 Å². The van der Waals surface area contributed by atoms with Gasteiger partial charge in [0.15, 0.2) is 0 Å². The molecule has 0 bridgehead atoms. The van der Waals surface area contributed by atoms with Gasteiger partial charge in [0.25, 0.3) is 0 Å². The van der Waals surface area contributed by atoms with Crippen LogP contribution in [0.3, 0.4) is 0 Å². The molecule has 1 aromatic rings. The molecule has 2 nitrogen and oxygen atoms in total. The molecule has 0 spiro atoms. The summed E-state index contributed by atoms with van der Waals surface area (Å²) >= 11 is 4.99. The Balaban J connectivity index is 2.90. The van der Waals surface area contributed by atoms with Gasteiger partial charge < -0.3 is 4.74 Å². The van der Waals surface area contributed by atoms with Crippen molar-refractivity contribution in [3.8, 4) is 0 Å². The molecule has 0 radical (unpaired) electrons. The van der Waals surface area contributed by atoms with E-state index in [2.05, 4.69) is 15.9 Å². The summed E-state index contributed by atoms with van der Waals surface area (Å²) in [5, 5.41) is 1.96. The third kappa shape index (κ3) is 2.31. The Hall–Kier alpha value is -0.350. The van der Waals surface area contributed by atoms with Gasteiger partial charge in [-0.05, 0) is 33.8 Å². The van der Waals surface area contributed by atoms with Crippen LogP contribution in [0.1, 0.15) is 24.1 Å². The maximum atomic E-state index is 11.4. The highest BCUT2D eigenvalue weighted by atomic mass is 79.9. The van der Waals surface area contributed by atoms with Crippen LogP contribution >= 0.6 is 27.3 Å². The second-order valence-electron chi connectivity index (χ2n) is 2.62. The van der Waals surface area contributed by atoms with Crippen molar-refractivity contribution < 1.29 is 9.53 Å². The molecule has 0 aliphatic heterocycles.